The average molecular weight is 259 g/mol. The molecular formula is C11H11ClO3S. The Bertz CT molecular complexity index is 520. The first kappa shape index (κ1) is 11.6. The second kappa shape index (κ2) is 4.57. The zero-order chi connectivity index (χ0) is 11.6. The molecule has 0 aliphatic carbocycles. The second-order valence-electron chi connectivity index (χ2n) is 3.52. The van der Waals surface area contributed by atoms with Crippen LogP contribution in [-0.2, 0) is 13.8 Å². The molecule has 0 saturated carbocycles. The summed E-state index contributed by atoms with van der Waals surface area (Å²) >= 11 is 0. The molecule has 0 aromatic heterocycles. The number of hydrogen-bond donors (Lipinski definition) is 0. The summed E-state index contributed by atoms with van der Waals surface area (Å²) in [6.07, 6.45) is 2.76. The molecule has 0 radical (unpaired) electrons. The van der Waals surface area contributed by atoms with E-state index in [1.165, 1.54) is 6.07 Å². The normalized spacial score (nSPS) is 16.9. The molecule has 0 saturated heterocycles. The summed E-state index contributed by atoms with van der Waals surface area (Å²) in [5, 5.41) is 0. The van der Waals surface area contributed by atoms with E-state index in [4.69, 9.17) is 15.4 Å². The van der Waals surface area contributed by atoms with Crippen LogP contribution in [0.2, 0.25) is 0 Å². The van der Waals surface area contributed by atoms with Crippen molar-refractivity contribution in [3.63, 3.8) is 0 Å². The van der Waals surface area contributed by atoms with E-state index in [2.05, 4.69) is 0 Å². The molecule has 0 N–H and O–H groups in total. The number of rotatable bonds is 2. The highest BCUT2D eigenvalue weighted by Gasteiger charge is 2.12. The van der Waals surface area contributed by atoms with Crippen LogP contribution in [0.15, 0.2) is 35.2 Å². The van der Waals surface area contributed by atoms with Crippen LogP contribution in [0.5, 0.6) is 0 Å². The Kier molecular flexibility index (Phi) is 3.33. The van der Waals surface area contributed by atoms with Gasteiger partial charge in [0.05, 0.1) is 18.1 Å². The van der Waals surface area contributed by atoms with Crippen molar-refractivity contribution in [1.29, 1.82) is 0 Å². The van der Waals surface area contributed by atoms with Crippen LogP contribution in [-0.4, -0.2) is 21.6 Å². The summed E-state index contributed by atoms with van der Waals surface area (Å²) in [6, 6.07) is 6.66. The molecule has 1 aromatic carbocycles. The second-order valence-corrected chi connectivity index (χ2v) is 6.09. The van der Waals surface area contributed by atoms with E-state index in [0.717, 1.165) is 17.6 Å². The summed E-state index contributed by atoms with van der Waals surface area (Å²) in [6.45, 7) is 1.25. The molecule has 1 aromatic rings. The zero-order valence-corrected chi connectivity index (χ0v) is 10.1. The lowest BCUT2D eigenvalue weighted by Gasteiger charge is -2.13. The SMILES string of the molecule is O=S(=O)(Cl)c1cccc(C2=CCOCC2)c1. The molecular weight excluding hydrogens is 248 g/mol. The molecule has 3 nitrogen and oxygen atoms in total. The maximum Gasteiger partial charge on any atom is 0.261 e. The number of hydrogen-bond acceptors (Lipinski definition) is 3. The van der Waals surface area contributed by atoms with Gasteiger partial charge in [-0.25, -0.2) is 8.42 Å². The smallest absolute Gasteiger partial charge is 0.261 e. The van der Waals surface area contributed by atoms with Gasteiger partial charge in [-0.3, -0.25) is 0 Å². The van der Waals surface area contributed by atoms with Gasteiger partial charge >= 0.3 is 0 Å². The Morgan fingerprint density at radius 2 is 2.12 bits per heavy atom. The summed E-state index contributed by atoms with van der Waals surface area (Å²) in [5.41, 5.74) is 2.00. The van der Waals surface area contributed by atoms with Crippen molar-refractivity contribution in [3.05, 3.63) is 35.9 Å². The highest BCUT2D eigenvalue weighted by molar-refractivity contribution is 8.13. The lowest BCUT2D eigenvalue weighted by molar-refractivity contribution is 0.161. The first-order valence-electron chi connectivity index (χ1n) is 4.89. The third-order valence-corrected chi connectivity index (χ3v) is 3.80. The van der Waals surface area contributed by atoms with Crippen LogP contribution < -0.4 is 0 Å². The Labute approximate surface area is 99.1 Å². The molecule has 0 fully saturated rings. The van der Waals surface area contributed by atoms with Gasteiger partial charge in [0, 0.05) is 10.7 Å². The standard InChI is InChI=1S/C11H11ClO3S/c12-16(13,14)11-3-1-2-10(8-11)9-4-6-15-7-5-9/h1-4,8H,5-7H2. The van der Waals surface area contributed by atoms with Crippen LogP contribution in [0.4, 0.5) is 0 Å². The van der Waals surface area contributed by atoms with Gasteiger partial charge in [-0.2, -0.15) is 0 Å². The van der Waals surface area contributed by atoms with Gasteiger partial charge in [0.1, 0.15) is 0 Å². The quantitative estimate of drug-likeness (QED) is 0.765. The zero-order valence-electron chi connectivity index (χ0n) is 8.52. The molecule has 1 heterocycles. The predicted octanol–water partition coefficient (Wildman–Crippen LogP) is 2.42. The maximum absolute atomic E-state index is 11.2. The Hall–Kier alpha value is -0.840. The molecule has 1 aliphatic rings. The van der Waals surface area contributed by atoms with Gasteiger partial charge in [-0.15, -0.1) is 0 Å². The van der Waals surface area contributed by atoms with Crippen molar-refractivity contribution >= 4 is 25.3 Å². The Morgan fingerprint density at radius 3 is 2.75 bits per heavy atom. The highest BCUT2D eigenvalue weighted by Crippen LogP contribution is 2.24. The van der Waals surface area contributed by atoms with Crippen molar-refractivity contribution in [3.8, 4) is 0 Å². The topological polar surface area (TPSA) is 43.4 Å². The average Bonchev–Trinajstić information content (AvgIpc) is 2.29. The number of halogens is 1. The molecule has 0 unspecified atom stereocenters. The van der Waals surface area contributed by atoms with Crippen molar-refractivity contribution in [2.75, 3.05) is 13.2 Å². The molecule has 2 rings (SSSR count). The third kappa shape index (κ3) is 2.64. The molecule has 16 heavy (non-hydrogen) atoms. The molecule has 0 bridgehead atoms. The summed E-state index contributed by atoms with van der Waals surface area (Å²) in [5.74, 6) is 0. The predicted molar refractivity (Wildman–Crippen MR) is 62.9 cm³/mol. The molecule has 86 valence electrons. The van der Waals surface area contributed by atoms with Gasteiger partial charge in [-0.1, -0.05) is 18.2 Å². The van der Waals surface area contributed by atoms with E-state index in [1.807, 2.05) is 12.1 Å². The van der Waals surface area contributed by atoms with Gasteiger partial charge in [0.15, 0.2) is 0 Å². The van der Waals surface area contributed by atoms with Crippen LogP contribution in [0, 0.1) is 0 Å². The van der Waals surface area contributed by atoms with E-state index in [0.29, 0.717) is 13.2 Å². The molecule has 1 aliphatic heterocycles. The Morgan fingerprint density at radius 1 is 1.31 bits per heavy atom. The lowest BCUT2D eigenvalue weighted by Crippen LogP contribution is -2.04. The van der Waals surface area contributed by atoms with Crippen molar-refractivity contribution in [2.24, 2.45) is 0 Å². The summed E-state index contributed by atoms with van der Waals surface area (Å²) in [7, 11) is 1.65. The first-order valence-corrected chi connectivity index (χ1v) is 7.20. The first-order chi connectivity index (χ1) is 7.57. The highest BCUT2D eigenvalue weighted by atomic mass is 35.7. The van der Waals surface area contributed by atoms with E-state index < -0.39 is 9.05 Å². The van der Waals surface area contributed by atoms with Crippen molar-refractivity contribution in [1.82, 2.24) is 0 Å². The third-order valence-electron chi connectivity index (χ3n) is 2.45. The number of benzene rings is 1. The minimum absolute atomic E-state index is 0.138. The fourth-order valence-electron chi connectivity index (χ4n) is 1.64. The van der Waals surface area contributed by atoms with Gasteiger partial charge in [0.2, 0.25) is 0 Å². The molecule has 0 atom stereocenters. The van der Waals surface area contributed by atoms with E-state index >= 15 is 0 Å². The van der Waals surface area contributed by atoms with Crippen LogP contribution in [0.1, 0.15) is 12.0 Å². The maximum atomic E-state index is 11.2. The van der Waals surface area contributed by atoms with Gasteiger partial charge in [-0.05, 0) is 29.7 Å². The fourth-order valence-corrected chi connectivity index (χ4v) is 2.43. The fraction of sp³-hybridized carbons (Fsp3) is 0.273. The molecule has 0 amide bonds. The largest absolute Gasteiger partial charge is 0.377 e. The minimum atomic E-state index is -3.65. The Balaban J connectivity index is 2.39. The van der Waals surface area contributed by atoms with E-state index in [1.54, 1.807) is 12.1 Å². The van der Waals surface area contributed by atoms with Crippen LogP contribution in [0.3, 0.4) is 0 Å². The van der Waals surface area contributed by atoms with Gasteiger partial charge in [0.25, 0.3) is 9.05 Å². The van der Waals surface area contributed by atoms with Crippen molar-refractivity contribution < 1.29 is 13.2 Å². The van der Waals surface area contributed by atoms with Crippen LogP contribution in [0.25, 0.3) is 5.57 Å². The monoisotopic (exact) mass is 258 g/mol. The molecule has 0 spiro atoms. The molecule has 5 heteroatoms. The van der Waals surface area contributed by atoms with Crippen LogP contribution >= 0.6 is 10.7 Å². The lowest BCUT2D eigenvalue weighted by atomic mass is 10.0. The van der Waals surface area contributed by atoms with Gasteiger partial charge < -0.3 is 4.74 Å². The minimum Gasteiger partial charge on any atom is -0.377 e. The van der Waals surface area contributed by atoms with Crippen molar-refractivity contribution in [2.45, 2.75) is 11.3 Å². The summed E-state index contributed by atoms with van der Waals surface area (Å²) < 4.78 is 27.6. The summed E-state index contributed by atoms with van der Waals surface area (Å²) in [4.78, 5) is 0.138. The van der Waals surface area contributed by atoms with E-state index in [-0.39, 0.29) is 4.90 Å². The number of ether oxygens (including phenoxy) is 1. The van der Waals surface area contributed by atoms with E-state index in [9.17, 15) is 8.42 Å².